The van der Waals surface area contributed by atoms with Crippen LogP contribution in [0.25, 0.3) is 11.1 Å². The van der Waals surface area contributed by atoms with Crippen molar-refractivity contribution in [3.05, 3.63) is 28.2 Å². The molecule has 0 unspecified atom stereocenters. The van der Waals surface area contributed by atoms with Crippen molar-refractivity contribution < 1.29 is 9.53 Å². The lowest BCUT2D eigenvalue weighted by Crippen LogP contribution is -1.96. The van der Waals surface area contributed by atoms with E-state index in [0.29, 0.717) is 4.88 Å². The lowest BCUT2D eigenvalue weighted by Gasteiger charge is -1.92. The van der Waals surface area contributed by atoms with Crippen molar-refractivity contribution in [3.63, 3.8) is 0 Å². The van der Waals surface area contributed by atoms with E-state index in [0.717, 1.165) is 16.0 Å². The molecule has 84 valence electrons. The summed E-state index contributed by atoms with van der Waals surface area (Å²) in [5.74, 6) is -0.289. The summed E-state index contributed by atoms with van der Waals surface area (Å²) >= 11 is 1.44. The van der Waals surface area contributed by atoms with Gasteiger partial charge in [-0.1, -0.05) is 0 Å². The van der Waals surface area contributed by atoms with Crippen molar-refractivity contribution in [1.82, 2.24) is 9.78 Å². The highest BCUT2D eigenvalue weighted by Gasteiger charge is 2.14. The summed E-state index contributed by atoms with van der Waals surface area (Å²) in [6.07, 6.45) is 3.71. The highest BCUT2D eigenvalue weighted by Crippen LogP contribution is 2.30. The molecule has 2 aromatic heterocycles. The number of hydrogen-bond acceptors (Lipinski definition) is 4. The third kappa shape index (κ3) is 1.86. The molecule has 2 heterocycles. The minimum atomic E-state index is -0.289. The van der Waals surface area contributed by atoms with Gasteiger partial charge in [0.25, 0.3) is 0 Å². The summed E-state index contributed by atoms with van der Waals surface area (Å²) in [7, 11) is 3.26. The molecule has 0 saturated carbocycles. The van der Waals surface area contributed by atoms with E-state index in [4.69, 9.17) is 4.74 Å². The van der Waals surface area contributed by atoms with Gasteiger partial charge in [-0.3, -0.25) is 4.68 Å². The topological polar surface area (TPSA) is 44.1 Å². The zero-order chi connectivity index (χ0) is 11.7. The van der Waals surface area contributed by atoms with Crippen LogP contribution in [0.15, 0.2) is 18.5 Å². The molecule has 0 fully saturated rings. The lowest BCUT2D eigenvalue weighted by molar-refractivity contribution is 0.0606. The van der Waals surface area contributed by atoms with Gasteiger partial charge in [0.05, 0.1) is 13.3 Å². The number of nitrogens with zero attached hydrogens (tertiary/aromatic N) is 2. The molecule has 0 aliphatic heterocycles. The summed E-state index contributed by atoms with van der Waals surface area (Å²) in [5, 5.41) is 4.11. The number of carbonyl (C=O) groups excluding carboxylic acids is 1. The van der Waals surface area contributed by atoms with Gasteiger partial charge in [0.15, 0.2) is 0 Å². The first-order valence-corrected chi connectivity index (χ1v) is 5.61. The number of ether oxygens (including phenoxy) is 1. The van der Waals surface area contributed by atoms with Crippen LogP contribution in [0.4, 0.5) is 0 Å². The fourth-order valence-corrected chi connectivity index (χ4v) is 2.49. The van der Waals surface area contributed by atoms with Gasteiger partial charge in [0.1, 0.15) is 4.88 Å². The van der Waals surface area contributed by atoms with E-state index < -0.39 is 0 Å². The van der Waals surface area contributed by atoms with E-state index >= 15 is 0 Å². The molecule has 16 heavy (non-hydrogen) atoms. The van der Waals surface area contributed by atoms with Crippen LogP contribution in [0.5, 0.6) is 0 Å². The van der Waals surface area contributed by atoms with Crippen molar-refractivity contribution in [2.75, 3.05) is 7.11 Å². The molecule has 0 saturated heterocycles. The smallest absolute Gasteiger partial charge is 0.348 e. The number of hydrogen-bond donors (Lipinski definition) is 0. The Morgan fingerprint density at radius 2 is 2.31 bits per heavy atom. The normalized spacial score (nSPS) is 10.4. The molecule has 0 aliphatic rings. The Bertz CT molecular complexity index is 528. The summed E-state index contributed by atoms with van der Waals surface area (Å²) in [4.78, 5) is 13.1. The maximum absolute atomic E-state index is 11.4. The number of esters is 1. The number of thiophene rings is 1. The summed E-state index contributed by atoms with van der Waals surface area (Å²) in [6, 6.07) is 1.85. The predicted molar refractivity (Wildman–Crippen MR) is 62.6 cm³/mol. The molecular formula is C11H12N2O2S. The molecule has 2 rings (SSSR count). The average molecular weight is 236 g/mol. The number of aryl methyl sites for hydroxylation is 2. The molecular weight excluding hydrogens is 224 g/mol. The Labute approximate surface area is 97.5 Å². The van der Waals surface area contributed by atoms with Crippen molar-refractivity contribution in [2.24, 2.45) is 7.05 Å². The predicted octanol–water partition coefficient (Wildman–Crippen LogP) is 2.24. The second-order valence-corrected chi connectivity index (χ2v) is 4.73. The van der Waals surface area contributed by atoms with Gasteiger partial charge in [0.2, 0.25) is 0 Å². The van der Waals surface area contributed by atoms with Crippen molar-refractivity contribution in [2.45, 2.75) is 6.92 Å². The van der Waals surface area contributed by atoms with Crippen LogP contribution in [0.1, 0.15) is 14.5 Å². The molecule has 0 N–H and O–H groups in total. The lowest BCUT2D eigenvalue weighted by atomic mass is 10.1. The Balaban J connectivity index is 2.43. The van der Waals surface area contributed by atoms with Crippen LogP contribution in [0.2, 0.25) is 0 Å². The number of methoxy groups -OCH3 is 1. The Kier molecular flexibility index (Phi) is 2.78. The molecule has 0 aliphatic carbocycles. The fourth-order valence-electron chi connectivity index (χ4n) is 1.53. The molecule has 0 aromatic carbocycles. The molecule has 0 atom stereocenters. The van der Waals surface area contributed by atoms with Gasteiger partial charge < -0.3 is 4.74 Å². The summed E-state index contributed by atoms with van der Waals surface area (Å²) < 4.78 is 6.44. The van der Waals surface area contributed by atoms with Crippen LogP contribution in [0.3, 0.4) is 0 Å². The zero-order valence-electron chi connectivity index (χ0n) is 9.35. The number of carbonyl (C=O) groups is 1. The van der Waals surface area contributed by atoms with Crippen LogP contribution in [-0.4, -0.2) is 22.9 Å². The van der Waals surface area contributed by atoms with E-state index in [1.165, 1.54) is 18.4 Å². The van der Waals surface area contributed by atoms with Crippen LogP contribution in [0, 0.1) is 6.92 Å². The first-order valence-electron chi connectivity index (χ1n) is 4.79. The Morgan fingerprint density at radius 3 is 2.88 bits per heavy atom. The monoisotopic (exact) mass is 236 g/mol. The molecule has 2 aromatic rings. The van der Waals surface area contributed by atoms with Gasteiger partial charge in [-0.15, -0.1) is 11.3 Å². The second-order valence-electron chi connectivity index (χ2n) is 3.47. The van der Waals surface area contributed by atoms with E-state index in [2.05, 4.69) is 5.10 Å². The third-order valence-corrected chi connectivity index (χ3v) is 3.35. The van der Waals surface area contributed by atoms with Crippen molar-refractivity contribution >= 4 is 17.3 Å². The molecule has 0 bridgehead atoms. The molecule has 5 heteroatoms. The molecule has 4 nitrogen and oxygen atoms in total. The number of rotatable bonds is 2. The van der Waals surface area contributed by atoms with Crippen molar-refractivity contribution in [3.8, 4) is 11.1 Å². The number of aromatic nitrogens is 2. The highest BCUT2D eigenvalue weighted by molar-refractivity contribution is 7.14. The summed E-state index contributed by atoms with van der Waals surface area (Å²) in [6.45, 7) is 1.99. The summed E-state index contributed by atoms with van der Waals surface area (Å²) in [5.41, 5.74) is 2.06. The first-order chi connectivity index (χ1) is 7.61. The van der Waals surface area contributed by atoms with Crippen LogP contribution in [-0.2, 0) is 11.8 Å². The molecule has 0 spiro atoms. The third-order valence-electron chi connectivity index (χ3n) is 2.32. The largest absolute Gasteiger partial charge is 0.465 e. The quantitative estimate of drug-likeness (QED) is 0.751. The molecule has 0 radical (unpaired) electrons. The van der Waals surface area contributed by atoms with E-state index in [-0.39, 0.29) is 5.97 Å². The van der Waals surface area contributed by atoms with Crippen LogP contribution >= 0.6 is 11.3 Å². The zero-order valence-corrected chi connectivity index (χ0v) is 10.2. The van der Waals surface area contributed by atoms with Gasteiger partial charge >= 0.3 is 5.97 Å². The SMILES string of the molecule is COC(=O)c1cc(-c2cnn(C)c2)c(C)s1. The maximum atomic E-state index is 11.4. The minimum absolute atomic E-state index is 0.289. The second kappa shape index (κ2) is 4.09. The fraction of sp³-hybridized carbons (Fsp3) is 0.273. The standard InChI is InChI=1S/C11H12N2O2S/c1-7-9(8-5-12-13(2)6-8)4-10(16-7)11(14)15-3/h4-6H,1-3H3. The Hall–Kier alpha value is -1.62. The highest BCUT2D eigenvalue weighted by atomic mass is 32.1. The first kappa shape index (κ1) is 10.9. The minimum Gasteiger partial charge on any atom is -0.465 e. The van der Waals surface area contributed by atoms with E-state index in [1.807, 2.05) is 26.2 Å². The van der Waals surface area contributed by atoms with E-state index in [1.54, 1.807) is 10.9 Å². The molecule has 0 amide bonds. The van der Waals surface area contributed by atoms with Gasteiger partial charge in [0, 0.05) is 23.7 Å². The van der Waals surface area contributed by atoms with Crippen molar-refractivity contribution in [1.29, 1.82) is 0 Å². The maximum Gasteiger partial charge on any atom is 0.348 e. The van der Waals surface area contributed by atoms with Gasteiger partial charge in [-0.2, -0.15) is 5.10 Å². The van der Waals surface area contributed by atoms with Crippen LogP contribution < -0.4 is 0 Å². The van der Waals surface area contributed by atoms with Gasteiger partial charge in [-0.25, -0.2) is 4.79 Å². The Morgan fingerprint density at radius 1 is 1.56 bits per heavy atom. The average Bonchev–Trinajstić information content (AvgIpc) is 2.83. The van der Waals surface area contributed by atoms with E-state index in [9.17, 15) is 4.79 Å². The van der Waals surface area contributed by atoms with Gasteiger partial charge in [-0.05, 0) is 18.6 Å².